The Morgan fingerprint density at radius 2 is 1.21 bits per heavy atom. The van der Waals surface area contributed by atoms with E-state index in [1.54, 1.807) is 120 Å². The third-order valence-corrected chi connectivity index (χ3v) is 26.5. The summed E-state index contributed by atoms with van der Waals surface area (Å²) in [6.07, 6.45) is 3.65. The smallest absolute Gasteiger partial charge is 0.410 e. The molecule has 11 amide bonds. The standard InChI is InChI=1S/C99H161N17O22S/c1-17-19-29-79-109-84-87(90-76(107-91(84)101)58-67(10)139-90)116(79)61-70-34-39-114(40-35-70)41-43-131-45-47-133-49-51-135-53-55-137-57-56-136-54-52-134-50-48-132-46-44-130-42-37-103-93(121)74(100)59-80(117)110-82(63(3)4)95(123)108-75(27-23-36-104-98(102)126)94(122)106-73-32-30-71(31-33-73)62-138-99(127)113(14)85(65(7)8)96(124)111-83(64(5)6)97(125)112(13)86(66(9)18-2)78(128-15)60-81(118)115-38-24-28-77(115)89(129-16)68(11)92(120)105-69(12)88(119)72-25-21-20-22-26-72/h20-22,25-26,30-33,58,63-66,68-70,74-75,77-78,82-83,85-86,88-89,119H,17-19,23-24,27-29,34-57,59-62,100H2,1-16H3,(H2,101,107)(H,103,121)(H,105,120)(H,106,122)(H,108,123)(H,110,117)(H,111,124)(H3,102,104,126)/t66-,68+,69+,74-,75-,77-,78+,82-,83-,85-,86-,88+,89+/m0/s1. The monoisotopic (exact) mass is 1970 g/mol. The number of aryl methyl sites for hydroxylation is 2. The van der Waals surface area contributed by atoms with Gasteiger partial charge in [0.2, 0.25) is 47.3 Å². The van der Waals surface area contributed by atoms with Gasteiger partial charge in [0.15, 0.2) is 5.82 Å². The molecule has 7 rings (SSSR count). The molecule has 13 atom stereocenters. The highest BCUT2D eigenvalue weighted by atomic mass is 32.1. The molecule has 0 spiro atoms. The fraction of sp³-hybridized carbons (Fsp3) is 0.697. The molecule has 3 aromatic heterocycles. The molecule has 5 aromatic rings. The molecular formula is C99H161N17O22S. The number of nitrogens with zero attached hydrogens (tertiary/aromatic N) is 7. The van der Waals surface area contributed by atoms with Crippen molar-refractivity contribution in [3.8, 4) is 0 Å². The molecule has 2 fully saturated rings. The van der Waals surface area contributed by atoms with Crippen molar-refractivity contribution in [1.82, 2.24) is 66.0 Å². The number of hydrogen-bond donors (Lipinski definition) is 11. The molecule has 2 saturated heterocycles. The number of nitrogens with two attached hydrogens (primary N) is 3. The van der Waals surface area contributed by atoms with Crippen LogP contribution in [0.1, 0.15) is 175 Å². The predicted octanol–water partition coefficient (Wildman–Crippen LogP) is 7.16. The number of likely N-dealkylation sites (N-methyl/N-ethyl adjacent to an activating group) is 2. The second-order valence-electron chi connectivity index (χ2n) is 37.1. The number of anilines is 2. The molecule has 0 bridgehead atoms. The van der Waals surface area contributed by atoms with Gasteiger partial charge in [-0.1, -0.05) is 125 Å². The molecule has 14 N–H and O–H groups in total. The Morgan fingerprint density at radius 3 is 1.76 bits per heavy atom. The second kappa shape index (κ2) is 62.1. The number of fused-ring (bicyclic) bond motifs is 3. The topological polar surface area (TPSA) is 498 Å². The maximum atomic E-state index is 14.9. The van der Waals surface area contributed by atoms with Gasteiger partial charge in [0.05, 0.1) is 183 Å². The average molecular weight is 1970 g/mol. The number of carbonyl (C=O) groups excluding carboxylic acids is 10. The number of rotatable bonds is 67. The largest absolute Gasteiger partial charge is 0.445 e. The van der Waals surface area contributed by atoms with Gasteiger partial charge in [-0.25, -0.2) is 19.6 Å². The van der Waals surface area contributed by atoms with Gasteiger partial charge in [-0.05, 0) is 131 Å². The molecule has 2 aliphatic heterocycles. The summed E-state index contributed by atoms with van der Waals surface area (Å²) in [5, 5.41) is 30.2. The van der Waals surface area contributed by atoms with E-state index < -0.39 is 144 Å². The van der Waals surface area contributed by atoms with Crippen LogP contribution in [0.2, 0.25) is 0 Å². The highest BCUT2D eigenvalue weighted by molar-refractivity contribution is 7.19. The van der Waals surface area contributed by atoms with E-state index in [-0.39, 0.29) is 76.5 Å². The zero-order valence-corrected chi connectivity index (χ0v) is 85.7. The Bertz CT molecular complexity index is 4550. The summed E-state index contributed by atoms with van der Waals surface area (Å²) < 4.78 is 66.7. The summed E-state index contributed by atoms with van der Waals surface area (Å²) in [5.41, 5.74) is 22.3. The molecule has 0 radical (unpaired) electrons. The number of carbonyl (C=O) groups is 10. The van der Waals surface area contributed by atoms with Gasteiger partial charge >= 0.3 is 12.1 Å². The van der Waals surface area contributed by atoms with Crippen LogP contribution < -0.4 is 54.4 Å². The lowest BCUT2D eigenvalue weighted by molar-refractivity contribution is -0.148. The van der Waals surface area contributed by atoms with E-state index in [1.807, 2.05) is 32.0 Å². The van der Waals surface area contributed by atoms with Crippen molar-refractivity contribution in [2.45, 2.75) is 240 Å². The van der Waals surface area contributed by atoms with E-state index in [0.717, 1.165) is 80.7 Å². The van der Waals surface area contributed by atoms with Crippen LogP contribution in [0.4, 0.5) is 21.1 Å². The Kier molecular flexibility index (Phi) is 52.1. The first kappa shape index (κ1) is 117. The number of amides is 11. The Morgan fingerprint density at radius 1 is 0.619 bits per heavy atom. The van der Waals surface area contributed by atoms with Crippen molar-refractivity contribution in [3.05, 3.63) is 82.5 Å². The van der Waals surface area contributed by atoms with Gasteiger partial charge in [-0.3, -0.25) is 43.3 Å². The van der Waals surface area contributed by atoms with Crippen LogP contribution >= 0.6 is 11.3 Å². The Balaban J connectivity index is 0.719. The van der Waals surface area contributed by atoms with E-state index in [4.69, 9.17) is 74.3 Å². The lowest BCUT2D eigenvalue weighted by atomic mass is 9.89. The van der Waals surface area contributed by atoms with Gasteiger partial charge in [0, 0.05) is 78.0 Å². The van der Waals surface area contributed by atoms with Gasteiger partial charge < -0.3 is 131 Å². The summed E-state index contributed by atoms with van der Waals surface area (Å²) in [6, 6.07) is 9.16. The number of nitrogen functional groups attached to an aromatic ring is 1. The molecule has 40 heteroatoms. The number of unbranched alkanes of at least 4 members (excludes halogenated alkanes) is 1. The number of aliphatic hydroxyl groups excluding tert-OH is 1. The molecule has 2 aromatic carbocycles. The number of benzene rings is 2. The van der Waals surface area contributed by atoms with E-state index in [1.165, 1.54) is 35.7 Å². The number of thiophene rings is 1. The number of aliphatic hydroxyl groups is 1. The quantitative estimate of drug-likeness (QED) is 0.0172. The van der Waals surface area contributed by atoms with Crippen LogP contribution in [0.5, 0.6) is 0 Å². The van der Waals surface area contributed by atoms with Gasteiger partial charge in [-0.15, -0.1) is 11.3 Å². The molecule has 0 aliphatic carbocycles. The summed E-state index contributed by atoms with van der Waals surface area (Å²) in [6.45, 7) is 33.0. The van der Waals surface area contributed by atoms with E-state index in [9.17, 15) is 53.1 Å². The summed E-state index contributed by atoms with van der Waals surface area (Å²) in [7, 11) is 6.07. The number of ether oxygens (including phenoxy) is 11. The van der Waals surface area contributed by atoms with Crippen LogP contribution in [0.3, 0.4) is 0 Å². The number of piperidine rings is 1. The number of primary amides is 1. The second-order valence-corrected chi connectivity index (χ2v) is 38.3. The van der Waals surface area contributed by atoms with E-state index in [0.29, 0.717) is 140 Å². The lowest BCUT2D eigenvalue weighted by Gasteiger charge is -2.41. The summed E-state index contributed by atoms with van der Waals surface area (Å²) in [4.78, 5) is 155. The molecule has 5 heterocycles. The highest BCUT2D eigenvalue weighted by Crippen LogP contribution is 2.37. The normalized spacial score (nSPS) is 16.4. The molecule has 39 nitrogen and oxygen atoms in total. The number of pyridine rings is 1. The molecule has 780 valence electrons. The summed E-state index contributed by atoms with van der Waals surface area (Å²) >= 11 is 1.78. The number of methoxy groups -OCH3 is 2. The maximum absolute atomic E-state index is 14.9. The highest BCUT2D eigenvalue weighted by Gasteiger charge is 2.45. The number of nitrogens with one attached hydrogen (secondary N) is 7. The fourth-order valence-electron chi connectivity index (χ4n) is 17.4. The summed E-state index contributed by atoms with van der Waals surface area (Å²) in [5.74, 6) is -4.37. The minimum absolute atomic E-state index is 0.0245. The van der Waals surface area contributed by atoms with Crippen LogP contribution in [-0.4, -0.2) is 332 Å². The van der Waals surface area contributed by atoms with Crippen molar-refractivity contribution < 1.29 is 105 Å². The number of likely N-dealkylation sites (tertiary alicyclic amines) is 2. The van der Waals surface area contributed by atoms with Crippen molar-refractivity contribution in [2.24, 2.45) is 47.0 Å². The van der Waals surface area contributed by atoms with Crippen molar-refractivity contribution in [1.29, 1.82) is 0 Å². The van der Waals surface area contributed by atoms with E-state index >= 15 is 0 Å². The van der Waals surface area contributed by atoms with Crippen LogP contribution in [0.15, 0.2) is 60.7 Å². The number of hydrogen-bond acceptors (Lipinski definition) is 28. The molecule has 0 saturated carbocycles. The molecule has 139 heavy (non-hydrogen) atoms. The molecule has 2 aliphatic rings. The Hall–Kier alpha value is -9.40. The number of urea groups is 1. The third-order valence-electron chi connectivity index (χ3n) is 25.5. The molecule has 0 unspecified atom stereocenters. The SMILES string of the molecule is CCCCc1nc2c(N)nc3cc(C)sc3c2n1CC1CCN(CCOCCOCCOCCOCCOCCOCCOCCOCCNC(=O)[C@@H](N)CC(=O)N[C@H](C(=O)N[C@@H](CCCNC(N)=O)C(=O)Nc2ccc(COC(=O)N(C)[C@H](C(=O)N[C@H](C(=O)N(C)[C@@H]([C@@H](C)CC)[C@@H](CC(=O)N3CCC[C@H]3[C@H](OC)[C@@H](C)C(=O)N[C@H](C)[C@@H](O)c3ccccc3)OC)C(C)C)C(C)C)cc2)C(C)C)CC1. The van der Waals surface area contributed by atoms with Crippen LogP contribution in [0.25, 0.3) is 21.3 Å². The number of imidazole rings is 1. The zero-order chi connectivity index (χ0) is 102. The predicted molar refractivity (Wildman–Crippen MR) is 531 cm³/mol. The Labute approximate surface area is 824 Å². The minimum Gasteiger partial charge on any atom is -0.445 e. The van der Waals surface area contributed by atoms with Crippen molar-refractivity contribution in [2.75, 3.05) is 184 Å². The first-order valence-corrected chi connectivity index (χ1v) is 50.2. The third kappa shape index (κ3) is 38.1. The lowest BCUT2D eigenvalue weighted by Crippen LogP contribution is -2.60. The van der Waals surface area contributed by atoms with Gasteiger partial charge in [-0.2, -0.15) is 0 Å². The minimum atomic E-state index is -1.28. The first-order valence-electron chi connectivity index (χ1n) is 49.4. The van der Waals surface area contributed by atoms with Crippen LogP contribution in [0, 0.1) is 42.4 Å². The zero-order valence-electron chi connectivity index (χ0n) is 84.8. The maximum Gasteiger partial charge on any atom is 0.410 e. The van der Waals surface area contributed by atoms with Gasteiger partial charge in [0.25, 0.3) is 0 Å². The van der Waals surface area contributed by atoms with Crippen molar-refractivity contribution >= 4 is 103 Å². The molecular weight excluding hydrogens is 1810 g/mol. The van der Waals surface area contributed by atoms with Crippen molar-refractivity contribution in [3.63, 3.8) is 0 Å². The fourth-order valence-corrected chi connectivity index (χ4v) is 18.4. The first-order chi connectivity index (χ1) is 66.6. The van der Waals surface area contributed by atoms with Crippen LogP contribution in [-0.2, 0) is 110 Å². The average Bonchev–Trinajstić information content (AvgIpc) is 1.59. The number of aromatic nitrogens is 3. The van der Waals surface area contributed by atoms with Gasteiger partial charge in [0.1, 0.15) is 42.1 Å². The van der Waals surface area contributed by atoms with E-state index in [2.05, 4.69) is 71.6 Å².